The molecule has 76 valence electrons. The van der Waals surface area contributed by atoms with Crippen molar-refractivity contribution in [2.45, 2.75) is 37.5 Å². The van der Waals surface area contributed by atoms with Gasteiger partial charge in [0.25, 0.3) is 0 Å². The van der Waals surface area contributed by atoms with Gasteiger partial charge in [-0.2, -0.15) is 4.98 Å². The zero-order valence-electron chi connectivity index (χ0n) is 7.95. The molecule has 0 spiro atoms. The average Bonchev–Trinajstić information content (AvgIpc) is 2.93. The Morgan fingerprint density at radius 3 is 2.86 bits per heavy atom. The third kappa shape index (κ3) is 1.26. The van der Waals surface area contributed by atoms with Crippen molar-refractivity contribution in [3.05, 3.63) is 11.7 Å². The van der Waals surface area contributed by atoms with E-state index >= 15 is 0 Å². The van der Waals surface area contributed by atoms with E-state index < -0.39 is 0 Å². The highest BCUT2D eigenvalue weighted by atomic mass is 35.5. The van der Waals surface area contributed by atoms with Gasteiger partial charge in [0, 0.05) is 5.92 Å². The van der Waals surface area contributed by atoms with Crippen molar-refractivity contribution >= 4 is 11.6 Å². The maximum absolute atomic E-state index is 5.63. The van der Waals surface area contributed by atoms with Crippen molar-refractivity contribution in [1.29, 1.82) is 0 Å². The number of aromatic nitrogens is 2. The molecule has 0 saturated heterocycles. The van der Waals surface area contributed by atoms with Crippen LogP contribution in [0.25, 0.3) is 0 Å². The molecule has 1 aromatic heterocycles. The Morgan fingerprint density at radius 2 is 2.29 bits per heavy atom. The molecule has 0 aromatic carbocycles. The molecule has 0 amide bonds. The third-order valence-electron chi connectivity index (χ3n) is 3.67. The lowest BCUT2D eigenvalue weighted by Crippen LogP contribution is -2.09. The molecule has 2 aliphatic carbocycles. The predicted octanol–water partition coefficient (Wildman–Crippen LogP) is 2.71. The minimum absolute atomic E-state index is 0.327. The zero-order valence-corrected chi connectivity index (χ0v) is 8.70. The fourth-order valence-electron chi connectivity index (χ4n) is 3.03. The predicted molar refractivity (Wildman–Crippen MR) is 52.0 cm³/mol. The Bertz CT molecular complexity index is 339. The van der Waals surface area contributed by atoms with E-state index in [1.165, 1.54) is 25.7 Å². The van der Waals surface area contributed by atoms with Gasteiger partial charge in [-0.3, -0.25) is 0 Å². The van der Waals surface area contributed by atoms with Gasteiger partial charge < -0.3 is 4.52 Å². The standard InChI is InChI=1S/C10H13ClN2O/c11-5-9-12-10(13-14-9)8-4-6-1-2-7(8)3-6/h6-8H,1-5H2. The second kappa shape index (κ2) is 3.23. The molecule has 4 heteroatoms. The molecule has 2 saturated carbocycles. The van der Waals surface area contributed by atoms with E-state index in [9.17, 15) is 0 Å². The van der Waals surface area contributed by atoms with E-state index in [-0.39, 0.29) is 0 Å². The zero-order chi connectivity index (χ0) is 9.54. The summed E-state index contributed by atoms with van der Waals surface area (Å²) in [4.78, 5) is 4.32. The monoisotopic (exact) mass is 212 g/mol. The van der Waals surface area contributed by atoms with Gasteiger partial charge in [-0.25, -0.2) is 0 Å². The first-order valence-electron chi connectivity index (χ1n) is 5.25. The van der Waals surface area contributed by atoms with E-state index in [2.05, 4.69) is 10.1 Å². The van der Waals surface area contributed by atoms with Crippen LogP contribution in [0.4, 0.5) is 0 Å². The molecule has 0 radical (unpaired) electrons. The first kappa shape index (κ1) is 8.72. The van der Waals surface area contributed by atoms with Crippen LogP contribution >= 0.6 is 11.6 Å². The SMILES string of the molecule is ClCc1nc(C2CC3CCC2C3)no1. The van der Waals surface area contributed by atoms with Crippen molar-refractivity contribution in [2.75, 3.05) is 0 Å². The van der Waals surface area contributed by atoms with Crippen LogP contribution < -0.4 is 0 Å². The van der Waals surface area contributed by atoms with Gasteiger partial charge in [0.15, 0.2) is 5.82 Å². The summed E-state index contributed by atoms with van der Waals surface area (Å²) < 4.78 is 5.04. The number of fused-ring (bicyclic) bond motifs is 2. The van der Waals surface area contributed by atoms with Crippen molar-refractivity contribution in [1.82, 2.24) is 10.1 Å². The van der Waals surface area contributed by atoms with Crippen LogP contribution in [-0.2, 0) is 5.88 Å². The van der Waals surface area contributed by atoms with E-state index in [0.29, 0.717) is 17.7 Å². The van der Waals surface area contributed by atoms with E-state index in [1.54, 1.807) is 0 Å². The Morgan fingerprint density at radius 1 is 1.36 bits per heavy atom. The van der Waals surface area contributed by atoms with Crippen LogP contribution in [-0.4, -0.2) is 10.1 Å². The first-order chi connectivity index (χ1) is 6.86. The average molecular weight is 213 g/mol. The molecule has 3 atom stereocenters. The van der Waals surface area contributed by atoms with Crippen LogP contribution in [0.15, 0.2) is 4.52 Å². The smallest absolute Gasteiger partial charge is 0.241 e. The number of hydrogen-bond donors (Lipinski definition) is 0. The van der Waals surface area contributed by atoms with Gasteiger partial charge in [0.05, 0.1) is 0 Å². The summed E-state index contributed by atoms with van der Waals surface area (Å²) in [7, 11) is 0. The van der Waals surface area contributed by atoms with Crippen LogP contribution in [0.5, 0.6) is 0 Å². The third-order valence-corrected chi connectivity index (χ3v) is 3.90. The van der Waals surface area contributed by atoms with Gasteiger partial charge in [-0.05, 0) is 31.1 Å². The van der Waals surface area contributed by atoms with Crippen LogP contribution in [0.2, 0.25) is 0 Å². The molecule has 1 heterocycles. The maximum Gasteiger partial charge on any atom is 0.241 e. The fraction of sp³-hybridized carbons (Fsp3) is 0.800. The van der Waals surface area contributed by atoms with Crippen LogP contribution in [0, 0.1) is 11.8 Å². The highest BCUT2D eigenvalue weighted by Gasteiger charge is 2.42. The summed E-state index contributed by atoms with van der Waals surface area (Å²) in [5, 5.41) is 4.02. The summed E-state index contributed by atoms with van der Waals surface area (Å²) in [6.45, 7) is 0. The maximum atomic E-state index is 5.63. The second-order valence-corrected chi connectivity index (χ2v) is 4.73. The molecule has 2 aliphatic rings. The topological polar surface area (TPSA) is 38.9 Å². The summed E-state index contributed by atoms with van der Waals surface area (Å²) in [5.41, 5.74) is 0. The van der Waals surface area contributed by atoms with Crippen molar-refractivity contribution in [3.8, 4) is 0 Å². The number of alkyl halides is 1. The normalized spacial score (nSPS) is 35.4. The van der Waals surface area contributed by atoms with E-state index in [0.717, 1.165) is 17.7 Å². The van der Waals surface area contributed by atoms with Gasteiger partial charge in [-0.15, -0.1) is 11.6 Å². The molecule has 2 bridgehead atoms. The molecule has 3 rings (SSSR count). The number of nitrogens with zero attached hydrogens (tertiary/aromatic N) is 2. The van der Waals surface area contributed by atoms with Crippen molar-refractivity contribution in [2.24, 2.45) is 11.8 Å². The molecule has 3 nitrogen and oxygen atoms in total. The minimum atomic E-state index is 0.327. The van der Waals surface area contributed by atoms with E-state index in [1.807, 2.05) is 0 Å². The number of halogens is 1. The van der Waals surface area contributed by atoms with Crippen LogP contribution in [0.3, 0.4) is 0 Å². The highest BCUT2D eigenvalue weighted by molar-refractivity contribution is 6.16. The fourth-order valence-corrected chi connectivity index (χ4v) is 3.14. The van der Waals surface area contributed by atoms with Crippen LogP contribution in [0.1, 0.15) is 43.3 Å². The molecular formula is C10H13ClN2O. The molecule has 3 unspecified atom stereocenters. The van der Waals surface area contributed by atoms with E-state index in [4.69, 9.17) is 16.1 Å². The number of hydrogen-bond acceptors (Lipinski definition) is 3. The molecule has 0 N–H and O–H groups in total. The van der Waals surface area contributed by atoms with Gasteiger partial charge >= 0.3 is 0 Å². The molecular weight excluding hydrogens is 200 g/mol. The lowest BCUT2D eigenvalue weighted by molar-refractivity contribution is 0.357. The second-order valence-electron chi connectivity index (χ2n) is 4.46. The van der Waals surface area contributed by atoms with Gasteiger partial charge in [0.1, 0.15) is 5.88 Å². The summed E-state index contributed by atoms with van der Waals surface area (Å²) in [5.74, 6) is 4.06. The Labute approximate surface area is 87.8 Å². The number of rotatable bonds is 2. The largest absolute Gasteiger partial charge is 0.338 e. The van der Waals surface area contributed by atoms with Crippen molar-refractivity contribution < 1.29 is 4.52 Å². The lowest BCUT2D eigenvalue weighted by Gasteiger charge is -2.17. The summed E-state index contributed by atoms with van der Waals surface area (Å²) in [6.07, 6.45) is 5.38. The Hall–Kier alpha value is -0.570. The minimum Gasteiger partial charge on any atom is -0.338 e. The Kier molecular flexibility index (Phi) is 2.01. The van der Waals surface area contributed by atoms with Crippen molar-refractivity contribution in [3.63, 3.8) is 0 Å². The highest BCUT2D eigenvalue weighted by Crippen LogP contribution is 2.52. The summed E-state index contributed by atoms with van der Waals surface area (Å²) >= 11 is 5.63. The first-order valence-corrected chi connectivity index (χ1v) is 5.78. The molecule has 0 aliphatic heterocycles. The molecule has 14 heavy (non-hydrogen) atoms. The molecule has 1 aromatic rings. The lowest BCUT2D eigenvalue weighted by atomic mass is 9.88. The van der Waals surface area contributed by atoms with Gasteiger partial charge in [0.2, 0.25) is 5.89 Å². The molecule has 2 fully saturated rings. The summed E-state index contributed by atoms with van der Waals surface area (Å²) in [6, 6.07) is 0. The Balaban J connectivity index is 1.82. The van der Waals surface area contributed by atoms with Gasteiger partial charge in [-0.1, -0.05) is 11.6 Å². The quantitative estimate of drug-likeness (QED) is 0.708.